The maximum atomic E-state index is 12.9. The predicted molar refractivity (Wildman–Crippen MR) is 75.3 cm³/mol. The molecule has 0 saturated carbocycles. The lowest BCUT2D eigenvalue weighted by Gasteiger charge is -2.48. The number of anilines is 1. The van der Waals surface area contributed by atoms with Gasteiger partial charge >= 0.3 is 6.18 Å². The molecule has 0 bridgehead atoms. The fourth-order valence-corrected chi connectivity index (χ4v) is 3.24. The van der Waals surface area contributed by atoms with E-state index in [9.17, 15) is 13.2 Å². The summed E-state index contributed by atoms with van der Waals surface area (Å²) in [5.74, 6) is -0.579. The number of hydrogen-bond acceptors (Lipinski definition) is 5. The van der Waals surface area contributed by atoms with Gasteiger partial charge in [0.1, 0.15) is 5.82 Å². The van der Waals surface area contributed by atoms with Crippen molar-refractivity contribution in [2.45, 2.75) is 38.0 Å². The summed E-state index contributed by atoms with van der Waals surface area (Å²) in [5.41, 5.74) is 0.603. The summed E-state index contributed by atoms with van der Waals surface area (Å²) in [6.45, 7) is 3.99. The molecule has 23 heavy (non-hydrogen) atoms. The van der Waals surface area contributed by atoms with E-state index in [0.717, 1.165) is 39.0 Å². The van der Waals surface area contributed by atoms with Crippen molar-refractivity contribution in [3.63, 3.8) is 0 Å². The van der Waals surface area contributed by atoms with Crippen LogP contribution in [0, 0.1) is 6.92 Å². The van der Waals surface area contributed by atoms with E-state index < -0.39 is 12.0 Å². The van der Waals surface area contributed by atoms with Crippen molar-refractivity contribution >= 4 is 11.6 Å². The molecule has 0 unspecified atom stereocenters. The number of fused-ring (bicyclic) bond motifs is 1. The van der Waals surface area contributed by atoms with Crippen LogP contribution in [-0.2, 0) is 10.9 Å². The molecule has 2 aromatic rings. The van der Waals surface area contributed by atoms with E-state index in [0.29, 0.717) is 11.5 Å². The molecule has 0 radical (unpaired) electrons. The van der Waals surface area contributed by atoms with Crippen molar-refractivity contribution in [3.05, 3.63) is 17.6 Å². The van der Waals surface area contributed by atoms with Crippen molar-refractivity contribution in [1.29, 1.82) is 0 Å². The molecule has 124 valence electrons. The van der Waals surface area contributed by atoms with Crippen LogP contribution in [0.4, 0.5) is 19.0 Å². The molecule has 0 aliphatic carbocycles. The second-order valence-electron chi connectivity index (χ2n) is 6.17. The Bertz CT molecular complexity index is 743. The largest absolute Gasteiger partial charge is 0.453 e. The number of piperidine rings is 1. The van der Waals surface area contributed by atoms with Crippen LogP contribution in [0.1, 0.15) is 30.8 Å². The van der Waals surface area contributed by atoms with Gasteiger partial charge in [0.05, 0.1) is 12.2 Å². The molecule has 9 heteroatoms. The van der Waals surface area contributed by atoms with Gasteiger partial charge in [-0.05, 0) is 26.2 Å². The Morgan fingerprint density at radius 2 is 1.87 bits per heavy atom. The lowest BCUT2D eigenvalue weighted by molar-refractivity contribution is -0.158. The highest BCUT2D eigenvalue weighted by atomic mass is 19.4. The molecule has 1 spiro atoms. The van der Waals surface area contributed by atoms with Crippen molar-refractivity contribution < 1.29 is 17.9 Å². The van der Waals surface area contributed by atoms with E-state index in [-0.39, 0.29) is 11.4 Å². The first-order valence-electron chi connectivity index (χ1n) is 7.57. The molecule has 2 fully saturated rings. The van der Waals surface area contributed by atoms with E-state index >= 15 is 0 Å². The molecule has 0 atom stereocenters. The summed E-state index contributed by atoms with van der Waals surface area (Å²) in [4.78, 5) is 9.61. The Morgan fingerprint density at radius 3 is 2.43 bits per heavy atom. The normalized spacial score (nSPS) is 21.0. The van der Waals surface area contributed by atoms with Gasteiger partial charge in [0.2, 0.25) is 0 Å². The highest BCUT2D eigenvalue weighted by Gasteiger charge is 2.42. The Morgan fingerprint density at radius 1 is 1.17 bits per heavy atom. The number of aromatic nitrogens is 4. The number of alkyl halides is 3. The SMILES string of the molecule is Cc1cc(N2CCC3(CCO3)CC2)n2nc(C(F)(F)F)nc2n1. The summed E-state index contributed by atoms with van der Waals surface area (Å²) >= 11 is 0. The molecule has 4 rings (SSSR count). The molecule has 2 aliphatic rings. The maximum Gasteiger partial charge on any atom is 0.453 e. The Labute approximate surface area is 130 Å². The van der Waals surface area contributed by atoms with Gasteiger partial charge in [0, 0.05) is 24.8 Å². The van der Waals surface area contributed by atoms with Crippen molar-refractivity contribution in [2.75, 3.05) is 24.6 Å². The van der Waals surface area contributed by atoms with E-state index in [2.05, 4.69) is 15.1 Å². The van der Waals surface area contributed by atoms with Crippen LogP contribution in [-0.4, -0.2) is 44.9 Å². The van der Waals surface area contributed by atoms with Crippen LogP contribution in [0.2, 0.25) is 0 Å². The van der Waals surface area contributed by atoms with Crippen LogP contribution in [0.3, 0.4) is 0 Å². The summed E-state index contributed by atoms with van der Waals surface area (Å²) in [6, 6.07) is 1.75. The molecule has 0 N–H and O–H groups in total. The maximum absolute atomic E-state index is 12.9. The zero-order valence-electron chi connectivity index (χ0n) is 12.6. The highest BCUT2D eigenvalue weighted by molar-refractivity contribution is 5.48. The summed E-state index contributed by atoms with van der Waals surface area (Å²) in [6.07, 6.45) is -1.77. The Kier molecular flexibility index (Phi) is 3.06. The van der Waals surface area contributed by atoms with Crippen LogP contribution >= 0.6 is 0 Å². The first kappa shape index (κ1) is 14.7. The Balaban J connectivity index is 1.70. The monoisotopic (exact) mass is 327 g/mol. The summed E-state index contributed by atoms with van der Waals surface area (Å²) < 4.78 is 45.4. The minimum atomic E-state index is -4.58. The molecular weight excluding hydrogens is 311 g/mol. The van der Waals surface area contributed by atoms with Gasteiger partial charge in [-0.3, -0.25) is 0 Å². The number of halogens is 3. The molecule has 6 nitrogen and oxygen atoms in total. The topological polar surface area (TPSA) is 55.6 Å². The van der Waals surface area contributed by atoms with Gasteiger partial charge in [-0.25, -0.2) is 4.98 Å². The van der Waals surface area contributed by atoms with E-state index in [1.165, 1.54) is 4.52 Å². The van der Waals surface area contributed by atoms with Gasteiger partial charge in [0.25, 0.3) is 11.6 Å². The smallest absolute Gasteiger partial charge is 0.375 e. The quantitative estimate of drug-likeness (QED) is 0.804. The number of ether oxygens (including phenoxy) is 1. The summed E-state index contributed by atoms with van der Waals surface area (Å²) in [7, 11) is 0. The van der Waals surface area contributed by atoms with Gasteiger partial charge in [0.15, 0.2) is 0 Å². The molecule has 0 aromatic carbocycles. The predicted octanol–water partition coefficient (Wildman–Crippen LogP) is 2.21. The minimum absolute atomic E-state index is 0.0167. The molecule has 2 aliphatic heterocycles. The number of rotatable bonds is 1. The van der Waals surface area contributed by atoms with Gasteiger partial charge in [-0.1, -0.05) is 0 Å². The van der Waals surface area contributed by atoms with Crippen molar-refractivity contribution in [1.82, 2.24) is 19.6 Å². The van der Waals surface area contributed by atoms with Crippen LogP contribution < -0.4 is 4.90 Å². The number of nitrogens with zero attached hydrogens (tertiary/aromatic N) is 5. The van der Waals surface area contributed by atoms with E-state index in [1.54, 1.807) is 13.0 Å². The van der Waals surface area contributed by atoms with Crippen LogP contribution in [0.15, 0.2) is 6.07 Å². The first-order chi connectivity index (χ1) is 10.9. The van der Waals surface area contributed by atoms with Crippen LogP contribution in [0.5, 0.6) is 0 Å². The third kappa shape index (κ3) is 2.43. The highest BCUT2D eigenvalue weighted by Crippen LogP contribution is 2.38. The Hall–Kier alpha value is -1.90. The molecule has 2 aromatic heterocycles. The average Bonchev–Trinajstić information content (AvgIpc) is 2.89. The summed E-state index contributed by atoms with van der Waals surface area (Å²) in [5, 5.41) is 3.62. The van der Waals surface area contributed by atoms with Crippen LogP contribution in [0.25, 0.3) is 5.78 Å². The minimum Gasteiger partial charge on any atom is -0.375 e. The van der Waals surface area contributed by atoms with E-state index in [1.807, 2.05) is 4.90 Å². The zero-order chi connectivity index (χ0) is 16.2. The molecular formula is C14H16F3N5O. The molecule has 4 heterocycles. The number of aryl methyl sites for hydroxylation is 1. The third-order valence-electron chi connectivity index (χ3n) is 4.64. The van der Waals surface area contributed by atoms with Crippen molar-refractivity contribution in [2.24, 2.45) is 0 Å². The van der Waals surface area contributed by atoms with E-state index in [4.69, 9.17) is 4.74 Å². The average molecular weight is 327 g/mol. The van der Waals surface area contributed by atoms with Gasteiger partial charge in [-0.15, -0.1) is 5.10 Å². The third-order valence-corrected chi connectivity index (χ3v) is 4.64. The lowest BCUT2D eigenvalue weighted by Crippen LogP contribution is -2.52. The lowest BCUT2D eigenvalue weighted by atomic mass is 9.84. The standard InChI is InChI=1S/C14H16F3N5O/c1-9-8-10(21-5-2-13(3-6-21)4-7-23-13)22-12(18-9)19-11(20-22)14(15,16)17/h8H,2-7H2,1H3. The van der Waals surface area contributed by atoms with Gasteiger partial charge < -0.3 is 9.64 Å². The fraction of sp³-hybridized carbons (Fsp3) is 0.643. The zero-order valence-corrected chi connectivity index (χ0v) is 12.6. The number of hydrogen-bond donors (Lipinski definition) is 0. The van der Waals surface area contributed by atoms with Gasteiger partial charge in [-0.2, -0.15) is 22.7 Å². The second-order valence-corrected chi connectivity index (χ2v) is 6.17. The molecule has 0 amide bonds. The molecule has 2 saturated heterocycles. The van der Waals surface area contributed by atoms with Crippen molar-refractivity contribution in [3.8, 4) is 0 Å². The fourth-order valence-electron chi connectivity index (χ4n) is 3.24. The first-order valence-corrected chi connectivity index (χ1v) is 7.57. The second kappa shape index (κ2) is 4.80.